The maximum absolute atomic E-state index is 12.5. The first-order valence-electron chi connectivity index (χ1n) is 8.73. The second-order valence-corrected chi connectivity index (χ2v) is 7.72. The van der Waals surface area contributed by atoms with Crippen LogP contribution >= 0.6 is 0 Å². The Kier molecular flexibility index (Phi) is 6.17. The molecule has 30 heavy (non-hydrogen) atoms. The molecule has 3 rings (SSSR count). The van der Waals surface area contributed by atoms with Crippen molar-refractivity contribution in [2.45, 2.75) is 11.8 Å². The van der Waals surface area contributed by atoms with Crippen molar-refractivity contribution in [3.05, 3.63) is 70.7 Å². The van der Waals surface area contributed by atoms with Gasteiger partial charge in [0.05, 0.1) is 19.1 Å². The van der Waals surface area contributed by atoms with Gasteiger partial charge in [0.25, 0.3) is 5.91 Å². The number of aryl methyl sites for hydroxylation is 1. The molecule has 1 heterocycles. The molecule has 0 bridgehead atoms. The number of nitrogens with zero attached hydrogens (tertiary/aromatic N) is 3. The molecule has 0 aliphatic carbocycles. The fourth-order valence-electron chi connectivity index (χ4n) is 2.53. The predicted molar refractivity (Wildman–Crippen MR) is 111 cm³/mol. The van der Waals surface area contributed by atoms with Gasteiger partial charge in [-0.25, -0.2) is 8.42 Å². The van der Waals surface area contributed by atoms with Gasteiger partial charge in [-0.15, -0.1) is 0 Å². The second kappa shape index (κ2) is 8.78. The van der Waals surface area contributed by atoms with Gasteiger partial charge in [0, 0.05) is 17.2 Å². The van der Waals surface area contributed by atoms with Crippen molar-refractivity contribution in [1.29, 1.82) is 0 Å². The summed E-state index contributed by atoms with van der Waals surface area (Å²) in [5.74, 6) is 0.404. The molecule has 2 aromatic carbocycles. The number of methoxy groups -OCH3 is 2. The van der Waals surface area contributed by atoms with E-state index in [1.807, 2.05) is 0 Å². The van der Waals surface area contributed by atoms with Crippen LogP contribution in [0.4, 0.5) is 11.6 Å². The highest BCUT2D eigenvalue weighted by Gasteiger charge is 2.14. The smallest absolute Gasteiger partial charge is 0.255 e. The van der Waals surface area contributed by atoms with Crippen LogP contribution in [0.3, 0.4) is 0 Å². The molecular weight excluding hydrogens is 408 g/mol. The summed E-state index contributed by atoms with van der Waals surface area (Å²) in [5.41, 5.74) is 1.38. The Morgan fingerprint density at radius 1 is 1.00 bits per heavy atom. The molecule has 10 heteroatoms. The van der Waals surface area contributed by atoms with Gasteiger partial charge in [-0.2, -0.15) is 0 Å². The predicted octanol–water partition coefficient (Wildman–Crippen LogP) is 3.45. The highest BCUT2D eigenvalue weighted by Crippen LogP contribution is 2.28. The van der Waals surface area contributed by atoms with Crippen LogP contribution in [0.25, 0.3) is 4.72 Å². The van der Waals surface area contributed by atoms with E-state index in [0.29, 0.717) is 28.4 Å². The molecule has 0 atom stereocenters. The minimum atomic E-state index is -3.99. The van der Waals surface area contributed by atoms with Crippen molar-refractivity contribution in [3.8, 4) is 11.5 Å². The van der Waals surface area contributed by atoms with Gasteiger partial charge < -0.3 is 24.8 Å². The Morgan fingerprint density at radius 3 is 2.33 bits per heavy atom. The fraction of sp³-hybridized carbons (Fsp3) is 0.150. The molecule has 0 aliphatic heterocycles. The van der Waals surface area contributed by atoms with Crippen LogP contribution in [-0.4, -0.2) is 38.5 Å². The van der Waals surface area contributed by atoms with E-state index in [1.165, 1.54) is 44.7 Å². The lowest BCUT2D eigenvalue weighted by atomic mass is 10.2. The minimum absolute atomic E-state index is 0.0447. The van der Waals surface area contributed by atoms with E-state index in [9.17, 15) is 13.2 Å². The fourth-order valence-corrected chi connectivity index (χ4v) is 3.42. The van der Waals surface area contributed by atoms with Crippen LogP contribution in [0.1, 0.15) is 16.1 Å². The number of benzene rings is 2. The molecule has 0 saturated carbocycles. The number of amides is 1. The molecule has 0 radical (unpaired) electrons. The molecule has 1 aromatic heterocycles. The van der Waals surface area contributed by atoms with Crippen molar-refractivity contribution in [3.63, 3.8) is 0 Å². The number of anilines is 1. The minimum Gasteiger partial charge on any atom is -0.493 e. The first-order chi connectivity index (χ1) is 14.3. The number of hydrogen-bond acceptors (Lipinski definition) is 7. The summed E-state index contributed by atoms with van der Waals surface area (Å²) in [7, 11) is -1.01. The third kappa shape index (κ3) is 4.84. The van der Waals surface area contributed by atoms with Gasteiger partial charge in [-0.1, -0.05) is 6.07 Å². The van der Waals surface area contributed by atoms with Crippen LogP contribution in [0.15, 0.2) is 59.6 Å². The number of rotatable bonds is 7. The summed E-state index contributed by atoms with van der Waals surface area (Å²) in [4.78, 5) is 20.2. The Morgan fingerprint density at radius 2 is 1.70 bits per heavy atom. The summed E-state index contributed by atoms with van der Waals surface area (Å²) in [6.07, 6.45) is 1.43. The SMILES string of the molecule is COc1ccc(C(=O)Nc2ccc(S(=O)(=O)[N-]c3nccc(C)n3)cc2)cc1OC. The number of nitrogens with one attached hydrogen (secondary N) is 1. The second-order valence-electron chi connectivity index (χ2n) is 6.11. The van der Waals surface area contributed by atoms with Crippen LogP contribution < -0.4 is 14.8 Å². The molecule has 3 aromatic rings. The standard InChI is InChI=1S/C20H20N4O5S/c1-13-10-11-21-20(22-13)24-30(26,27)16-7-5-15(6-8-16)23-19(25)14-4-9-17(28-2)18(12-14)29-3/h4-12H,1-3H3,(H2,21,22,23,24,25)/p-1. The zero-order valence-electron chi connectivity index (χ0n) is 16.5. The number of ether oxygens (including phenoxy) is 2. The largest absolute Gasteiger partial charge is 0.493 e. The van der Waals surface area contributed by atoms with Crippen molar-refractivity contribution in [1.82, 2.24) is 9.97 Å². The molecule has 0 spiro atoms. The molecule has 0 unspecified atom stereocenters. The third-order valence-corrected chi connectivity index (χ3v) is 5.31. The Labute approximate surface area is 174 Å². The number of carbonyl (C=O) groups is 1. The van der Waals surface area contributed by atoms with Crippen LogP contribution in [0, 0.1) is 6.92 Å². The van der Waals surface area contributed by atoms with E-state index < -0.39 is 10.0 Å². The lowest BCUT2D eigenvalue weighted by molar-refractivity contribution is 0.102. The highest BCUT2D eigenvalue weighted by molar-refractivity contribution is 7.94. The van der Waals surface area contributed by atoms with Crippen LogP contribution in [-0.2, 0) is 10.0 Å². The molecule has 0 aliphatic rings. The van der Waals surface area contributed by atoms with Crippen LogP contribution in [0.5, 0.6) is 11.5 Å². The maximum atomic E-state index is 12.5. The van der Waals surface area contributed by atoms with E-state index in [2.05, 4.69) is 20.0 Å². The number of carbonyl (C=O) groups excluding carboxylic acids is 1. The Balaban J connectivity index is 1.73. The highest BCUT2D eigenvalue weighted by atomic mass is 32.2. The van der Waals surface area contributed by atoms with Gasteiger partial charge >= 0.3 is 0 Å². The first-order valence-corrected chi connectivity index (χ1v) is 10.2. The van der Waals surface area contributed by atoms with Gasteiger partial charge in [0.1, 0.15) is 0 Å². The topological polar surface area (TPSA) is 122 Å². The Bertz CT molecular complexity index is 1160. The van der Waals surface area contributed by atoms with E-state index in [4.69, 9.17) is 9.47 Å². The molecule has 9 nitrogen and oxygen atoms in total. The summed E-state index contributed by atoms with van der Waals surface area (Å²) in [6, 6.07) is 12.0. The quantitative estimate of drug-likeness (QED) is 0.613. The van der Waals surface area contributed by atoms with Gasteiger partial charge in [0.15, 0.2) is 11.5 Å². The van der Waals surface area contributed by atoms with Crippen molar-refractivity contribution in [2.24, 2.45) is 0 Å². The lowest BCUT2D eigenvalue weighted by Gasteiger charge is -2.14. The van der Waals surface area contributed by atoms with Crippen molar-refractivity contribution >= 4 is 27.6 Å². The molecule has 1 N–H and O–H groups in total. The van der Waals surface area contributed by atoms with E-state index >= 15 is 0 Å². The number of hydrogen-bond donors (Lipinski definition) is 1. The molecule has 0 fully saturated rings. The normalized spacial score (nSPS) is 10.9. The zero-order valence-corrected chi connectivity index (χ0v) is 17.3. The summed E-state index contributed by atoms with van der Waals surface area (Å²) < 4.78 is 38.9. The van der Waals surface area contributed by atoms with Crippen molar-refractivity contribution in [2.75, 3.05) is 19.5 Å². The monoisotopic (exact) mass is 427 g/mol. The van der Waals surface area contributed by atoms with Gasteiger partial charge in [-0.05, 0) is 61.3 Å². The lowest BCUT2D eigenvalue weighted by Crippen LogP contribution is -2.12. The third-order valence-electron chi connectivity index (χ3n) is 4.04. The van der Waals surface area contributed by atoms with Crippen LogP contribution in [0.2, 0.25) is 0 Å². The van der Waals surface area contributed by atoms with E-state index in [0.717, 1.165) is 0 Å². The van der Waals surface area contributed by atoms with E-state index in [-0.39, 0.29) is 16.8 Å². The average molecular weight is 427 g/mol. The maximum Gasteiger partial charge on any atom is 0.255 e. The first kappa shape index (κ1) is 21.1. The molecule has 156 valence electrons. The van der Waals surface area contributed by atoms with Gasteiger partial charge in [-0.3, -0.25) is 9.52 Å². The van der Waals surface area contributed by atoms with E-state index in [1.54, 1.807) is 31.2 Å². The van der Waals surface area contributed by atoms with Crippen molar-refractivity contribution < 1.29 is 22.7 Å². The molecule has 1 amide bonds. The zero-order chi connectivity index (χ0) is 21.7. The average Bonchev–Trinajstić information content (AvgIpc) is 2.73. The number of sulfonamides is 1. The summed E-state index contributed by atoms with van der Waals surface area (Å²) >= 11 is 0. The number of aromatic nitrogens is 2. The summed E-state index contributed by atoms with van der Waals surface area (Å²) in [5, 5.41) is 2.70. The van der Waals surface area contributed by atoms with Gasteiger partial charge in [0.2, 0.25) is 10.0 Å². The summed E-state index contributed by atoms with van der Waals surface area (Å²) in [6.45, 7) is 1.71. The Hall–Kier alpha value is -3.66. The molecular formula is C20H19N4O5S-. The molecule has 0 saturated heterocycles.